The van der Waals surface area contributed by atoms with Crippen LogP contribution in [-0.4, -0.2) is 20.1 Å². The monoisotopic (exact) mass is 371 g/mol. The van der Waals surface area contributed by atoms with Crippen LogP contribution in [0.1, 0.15) is 20.1 Å². The van der Waals surface area contributed by atoms with E-state index in [2.05, 4.69) is 16.8 Å². The van der Waals surface area contributed by atoms with Crippen molar-refractivity contribution >= 4 is 34.3 Å². The number of carbonyl (C=O) groups excluding carboxylic acids is 1. The summed E-state index contributed by atoms with van der Waals surface area (Å²) in [6, 6.07) is 9.52. The van der Waals surface area contributed by atoms with Gasteiger partial charge in [0.15, 0.2) is 0 Å². The number of hydrogen-bond acceptors (Lipinski definition) is 5. The van der Waals surface area contributed by atoms with Crippen molar-refractivity contribution < 1.29 is 14.3 Å². The number of methoxy groups -OCH3 is 2. The van der Waals surface area contributed by atoms with Crippen LogP contribution in [0.3, 0.4) is 0 Å². The van der Waals surface area contributed by atoms with Crippen molar-refractivity contribution in [3.63, 3.8) is 0 Å². The highest BCUT2D eigenvalue weighted by atomic mass is 32.1. The van der Waals surface area contributed by atoms with Crippen molar-refractivity contribution in [1.82, 2.24) is 0 Å². The number of benzene rings is 1. The number of aryl methyl sites for hydroxylation is 2. The number of anilines is 1. The molecule has 2 aromatic heterocycles. The molecule has 25 heavy (non-hydrogen) atoms. The first kappa shape index (κ1) is 16.2. The van der Waals surface area contributed by atoms with Gasteiger partial charge in [0.2, 0.25) is 0 Å². The van der Waals surface area contributed by atoms with Crippen molar-refractivity contribution in [3.05, 3.63) is 51.0 Å². The van der Waals surface area contributed by atoms with Gasteiger partial charge in [0, 0.05) is 21.4 Å². The van der Waals surface area contributed by atoms with Crippen LogP contribution < -0.4 is 14.8 Å². The molecule has 1 N–H and O–H groups in total. The topological polar surface area (TPSA) is 47.6 Å². The van der Waals surface area contributed by atoms with Crippen LogP contribution in [0.4, 0.5) is 5.69 Å². The molecule has 0 atom stereocenters. The highest BCUT2D eigenvalue weighted by Gasteiger charge is 2.22. The number of rotatable bonds is 4. The first-order chi connectivity index (χ1) is 12.2. The van der Waals surface area contributed by atoms with E-state index >= 15 is 0 Å². The lowest BCUT2D eigenvalue weighted by molar-refractivity contribution is 0.103. The number of fused-ring (bicyclic) bond motifs is 3. The van der Waals surface area contributed by atoms with Gasteiger partial charge in [-0.1, -0.05) is 0 Å². The summed E-state index contributed by atoms with van der Waals surface area (Å²) in [5.74, 6) is 1.15. The fourth-order valence-electron chi connectivity index (χ4n) is 3.02. The largest absolute Gasteiger partial charge is 0.497 e. The minimum absolute atomic E-state index is 0.111. The van der Waals surface area contributed by atoms with Gasteiger partial charge in [-0.2, -0.15) is 0 Å². The normalized spacial score (nSPS) is 12.2. The molecule has 1 aliphatic rings. The van der Waals surface area contributed by atoms with E-state index in [1.165, 1.54) is 20.9 Å². The molecule has 1 aromatic carbocycles. The van der Waals surface area contributed by atoms with E-state index in [9.17, 15) is 4.79 Å². The van der Waals surface area contributed by atoms with E-state index in [0.717, 1.165) is 17.7 Å². The maximum Gasteiger partial charge on any atom is 0.265 e. The van der Waals surface area contributed by atoms with Gasteiger partial charge in [-0.15, -0.1) is 22.7 Å². The summed E-state index contributed by atoms with van der Waals surface area (Å²) < 4.78 is 10.5. The Morgan fingerprint density at radius 1 is 1.12 bits per heavy atom. The second kappa shape index (κ2) is 6.54. The third-order valence-corrected chi connectivity index (χ3v) is 6.49. The molecular formula is C19H17NO3S2. The number of carbonyl (C=O) groups is 1. The molecule has 3 aromatic rings. The quantitative estimate of drug-likeness (QED) is 0.713. The molecular weight excluding hydrogens is 354 g/mol. The van der Waals surface area contributed by atoms with E-state index in [4.69, 9.17) is 9.47 Å². The lowest BCUT2D eigenvalue weighted by Crippen LogP contribution is -2.11. The highest BCUT2D eigenvalue weighted by molar-refractivity contribution is 7.18. The van der Waals surface area contributed by atoms with Crippen LogP contribution in [-0.2, 0) is 12.8 Å². The van der Waals surface area contributed by atoms with Gasteiger partial charge < -0.3 is 14.8 Å². The second-order valence-electron chi connectivity index (χ2n) is 5.74. The number of amides is 1. The Morgan fingerprint density at radius 2 is 2.00 bits per heavy atom. The lowest BCUT2D eigenvalue weighted by atomic mass is 9.98. The third kappa shape index (κ3) is 2.92. The van der Waals surface area contributed by atoms with Crippen LogP contribution in [0.25, 0.3) is 10.4 Å². The van der Waals surface area contributed by atoms with E-state index in [1.807, 2.05) is 6.07 Å². The van der Waals surface area contributed by atoms with Gasteiger partial charge in [0.25, 0.3) is 5.91 Å². The summed E-state index contributed by atoms with van der Waals surface area (Å²) in [5, 5.41) is 5.08. The van der Waals surface area contributed by atoms with E-state index < -0.39 is 0 Å². The fourth-order valence-corrected chi connectivity index (χ4v) is 5.13. The Kier molecular flexibility index (Phi) is 4.23. The van der Waals surface area contributed by atoms with E-state index in [0.29, 0.717) is 17.2 Å². The predicted octanol–water partition coefficient (Wildman–Crippen LogP) is 4.84. The van der Waals surface area contributed by atoms with Crippen LogP contribution in [0.15, 0.2) is 35.7 Å². The zero-order valence-electron chi connectivity index (χ0n) is 13.9. The summed E-state index contributed by atoms with van der Waals surface area (Å²) in [6.07, 6.45) is 2.06. The molecule has 1 amide bonds. The van der Waals surface area contributed by atoms with Crippen LogP contribution in [0.5, 0.6) is 11.5 Å². The van der Waals surface area contributed by atoms with Crippen molar-refractivity contribution in [1.29, 1.82) is 0 Å². The van der Waals surface area contributed by atoms with Crippen LogP contribution in [0, 0.1) is 0 Å². The zero-order chi connectivity index (χ0) is 17.4. The van der Waals surface area contributed by atoms with Gasteiger partial charge in [-0.05, 0) is 48.1 Å². The number of ether oxygens (including phenoxy) is 2. The van der Waals surface area contributed by atoms with Gasteiger partial charge in [0.1, 0.15) is 11.5 Å². The molecule has 2 heterocycles. The molecule has 0 spiro atoms. The van der Waals surface area contributed by atoms with E-state index in [1.54, 1.807) is 55.1 Å². The van der Waals surface area contributed by atoms with Crippen molar-refractivity contribution in [3.8, 4) is 21.9 Å². The van der Waals surface area contributed by atoms with Gasteiger partial charge in [-0.3, -0.25) is 4.79 Å². The maximum atomic E-state index is 12.7. The Labute approximate surface area is 154 Å². The molecule has 4 nitrogen and oxygen atoms in total. The molecule has 1 aliphatic carbocycles. The van der Waals surface area contributed by atoms with Crippen molar-refractivity contribution in [2.45, 2.75) is 12.8 Å². The zero-order valence-corrected chi connectivity index (χ0v) is 15.6. The molecule has 0 bridgehead atoms. The van der Waals surface area contributed by atoms with Gasteiger partial charge in [0.05, 0.1) is 24.8 Å². The maximum absolute atomic E-state index is 12.7. The Morgan fingerprint density at radius 3 is 2.80 bits per heavy atom. The molecule has 0 aliphatic heterocycles. The average molecular weight is 371 g/mol. The second-order valence-corrected chi connectivity index (χ2v) is 7.80. The molecule has 6 heteroatoms. The van der Waals surface area contributed by atoms with Crippen molar-refractivity contribution in [2.24, 2.45) is 0 Å². The number of hydrogen-bond donors (Lipinski definition) is 1. The molecule has 0 saturated heterocycles. The minimum Gasteiger partial charge on any atom is -0.497 e. The van der Waals surface area contributed by atoms with Crippen molar-refractivity contribution in [2.75, 3.05) is 19.5 Å². The SMILES string of the molecule is COc1ccc(NC(=O)c2cc3c(s2)-c2ccsc2CC3)c(OC)c1. The third-order valence-electron chi connectivity index (χ3n) is 4.30. The van der Waals surface area contributed by atoms with Gasteiger partial charge >= 0.3 is 0 Å². The fraction of sp³-hybridized carbons (Fsp3) is 0.211. The molecule has 0 saturated carbocycles. The first-order valence-corrected chi connectivity index (χ1v) is 9.62. The van der Waals surface area contributed by atoms with Crippen LogP contribution in [0.2, 0.25) is 0 Å². The Bertz CT molecular complexity index is 942. The molecule has 4 rings (SSSR count). The van der Waals surface area contributed by atoms with Gasteiger partial charge in [-0.25, -0.2) is 0 Å². The highest BCUT2D eigenvalue weighted by Crippen LogP contribution is 2.42. The minimum atomic E-state index is -0.111. The number of nitrogens with one attached hydrogen (secondary N) is 1. The molecule has 0 fully saturated rings. The summed E-state index contributed by atoms with van der Waals surface area (Å²) >= 11 is 3.36. The summed E-state index contributed by atoms with van der Waals surface area (Å²) in [5.41, 5.74) is 3.19. The van der Waals surface area contributed by atoms with Crippen LogP contribution >= 0.6 is 22.7 Å². The standard InChI is InChI=1S/C19H17NO3S2/c1-22-12-4-5-14(15(10-12)23-2)20-19(21)17-9-11-3-6-16-13(7-8-24-16)18(11)25-17/h4-5,7-10H,3,6H2,1-2H3,(H,20,21). The Balaban J connectivity index is 1.61. The average Bonchev–Trinajstić information content (AvgIpc) is 3.27. The Hall–Kier alpha value is -2.31. The lowest BCUT2D eigenvalue weighted by Gasteiger charge is -2.11. The molecule has 128 valence electrons. The predicted molar refractivity (Wildman–Crippen MR) is 103 cm³/mol. The molecule has 0 radical (unpaired) electrons. The smallest absolute Gasteiger partial charge is 0.265 e. The van der Waals surface area contributed by atoms with E-state index in [-0.39, 0.29) is 5.91 Å². The summed E-state index contributed by atoms with van der Waals surface area (Å²) in [7, 11) is 3.17. The first-order valence-electron chi connectivity index (χ1n) is 7.92. The molecule has 0 unspecified atom stereocenters. The summed E-state index contributed by atoms with van der Waals surface area (Å²) in [4.78, 5) is 16.1. The summed E-state index contributed by atoms with van der Waals surface area (Å²) in [6.45, 7) is 0. The number of thiophene rings is 2.